The van der Waals surface area contributed by atoms with Crippen molar-refractivity contribution in [1.82, 2.24) is 15.2 Å². The van der Waals surface area contributed by atoms with E-state index in [9.17, 15) is 4.79 Å². The van der Waals surface area contributed by atoms with E-state index in [-0.39, 0.29) is 36.8 Å². The minimum Gasteiger partial charge on any atom is -0.357 e. The summed E-state index contributed by atoms with van der Waals surface area (Å²) in [6.07, 6.45) is 6.30. The molecule has 2 aliphatic rings. The van der Waals surface area contributed by atoms with Gasteiger partial charge in [0.2, 0.25) is 5.91 Å². The Morgan fingerprint density at radius 1 is 1.32 bits per heavy atom. The van der Waals surface area contributed by atoms with E-state index in [2.05, 4.69) is 27.3 Å². The van der Waals surface area contributed by atoms with Gasteiger partial charge in [-0.2, -0.15) is 10.5 Å². The van der Waals surface area contributed by atoms with E-state index in [0.717, 1.165) is 37.9 Å². The summed E-state index contributed by atoms with van der Waals surface area (Å²) >= 11 is 0. The van der Waals surface area contributed by atoms with Gasteiger partial charge in [0, 0.05) is 31.9 Å². The number of likely N-dealkylation sites (tertiary alicyclic amines) is 1. The van der Waals surface area contributed by atoms with E-state index in [4.69, 9.17) is 10.5 Å². The summed E-state index contributed by atoms with van der Waals surface area (Å²) in [6, 6.07) is 8.36. The maximum absolute atomic E-state index is 12.3. The van der Waals surface area contributed by atoms with Gasteiger partial charge < -0.3 is 15.1 Å². The second kappa shape index (κ2) is 11.1. The van der Waals surface area contributed by atoms with Crippen LogP contribution in [-0.2, 0) is 4.79 Å². The van der Waals surface area contributed by atoms with Gasteiger partial charge in [0.05, 0.1) is 18.2 Å². The highest BCUT2D eigenvalue weighted by atomic mass is 35.5. The van der Waals surface area contributed by atoms with Crippen LogP contribution in [0.3, 0.4) is 0 Å². The van der Waals surface area contributed by atoms with Crippen molar-refractivity contribution < 1.29 is 4.79 Å². The van der Waals surface area contributed by atoms with Crippen LogP contribution in [-0.4, -0.2) is 54.1 Å². The van der Waals surface area contributed by atoms with Gasteiger partial charge in [-0.25, -0.2) is 4.98 Å². The maximum Gasteiger partial charge on any atom is 0.237 e. The molecule has 3 atom stereocenters. The normalized spacial score (nSPS) is 23.1. The number of pyridine rings is 1. The molecule has 0 bridgehead atoms. The van der Waals surface area contributed by atoms with Crippen LogP contribution in [0.4, 0.5) is 5.82 Å². The topological polar surface area (TPSA) is 96.1 Å². The number of hydrogen-bond acceptors (Lipinski definition) is 6. The third-order valence-electron chi connectivity index (χ3n) is 5.46. The molecule has 7 nitrogen and oxygen atoms in total. The van der Waals surface area contributed by atoms with Crippen molar-refractivity contribution in [2.24, 2.45) is 0 Å². The molecule has 2 fully saturated rings. The zero-order valence-electron chi connectivity index (χ0n) is 15.9. The maximum atomic E-state index is 12.3. The molecule has 152 valence electrons. The number of nitrogens with zero attached hydrogens (tertiary/aromatic N) is 5. The van der Waals surface area contributed by atoms with Crippen molar-refractivity contribution in [3.63, 3.8) is 0 Å². The fourth-order valence-corrected chi connectivity index (χ4v) is 3.88. The van der Waals surface area contributed by atoms with Crippen molar-refractivity contribution in [1.29, 1.82) is 10.5 Å². The summed E-state index contributed by atoms with van der Waals surface area (Å²) in [7, 11) is 2.02. The number of amides is 1. The fourth-order valence-electron chi connectivity index (χ4n) is 3.88. The van der Waals surface area contributed by atoms with Gasteiger partial charge in [0.15, 0.2) is 0 Å². The predicted molar refractivity (Wildman–Crippen MR) is 112 cm³/mol. The first-order valence-corrected chi connectivity index (χ1v) is 9.14. The first kappa shape index (κ1) is 24.0. The van der Waals surface area contributed by atoms with Crippen LogP contribution < -0.4 is 10.2 Å². The summed E-state index contributed by atoms with van der Waals surface area (Å²) in [6.45, 7) is 0.994. The van der Waals surface area contributed by atoms with Crippen molar-refractivity contribution in [2.45, 2.75) is 50.2 Å². The first-order valence-electron chi connectivity index (χ1n) is 9.14. The van der Waals surface area contributed by atoms with E-state index in [1.807, 2.05) is 13.1 Å². The minimum atomic E-state index is -0.255. The summed E-state index contributed by atoms with van der Waals surface area (Å²) in [5, 5.41) is 21.3. The second-order valence-electron chi connectivity index (χ2n) is 7.05. The summed E-state index contributed by atoms with van der Waals surface area (Å²) < 4.78 is 0. The molecule has 0 radical (unpaired) electrons. The van der Waals surface area contributed by atoms with E-state index < -0.39 is 0 Å². The molecule has 2 heterocycles. The Hall–Kier alpha value is -2.06. The van der Waals surface area contributed by atoms with Gasteiger partial charge in [-0.1, -0.05) is 0 Å². The Balaban J connectivity index is 0.00000196. The zero-order chi connectivity index (χ0) is 18.5. The van der Waals surface area contributed by atoms with Crippen molar-refractivity contribution in [2.75, 3.05) is 25.0 Å². The van der Waals surface area contributed by atoms with Crippen molar-refractivity contribution >= 4 is 36.5 Å². The molecular formula is C19H26Cl2N6O. The number of nitriles is 2. The third kappa shape index (κ3) is 5.48. The molecule has 9 heteroatoms. The molecule has 0 spiro atoms. The summed E-state index contributed by atoms with van der Waals surface area (Å²) in [4.78, 5) is 20.5. The molecular weight excluding hydrogens is 399 g/mol. The molecule has 1 saturated carbocycles. The lowest BCUT2D eigenvalue weighted by Crippen LogP contribution is -2.43. The quantitative estimate of drug-likeness (QED) is 0.778. The summed E-state index contributed by atoms with van der Waals surface area (Å²) in [5.74, 6) is 0.888. The van der Waals surface area contributed by atoms with Gasteiger partial charge in [-0.3, -0.25) is 4.79 Å². The number of hydrogen-bond donors (Lipinski definition) is 1. The van der Waals surface area contributed by atoms with Gasteiger partial charge in [-0.15, -0.1) is 24.8 Å². The highest BCUT2D eigenvalue weighted by Gasteiger charge is 2.31. The SMILES string of the molecule is CN(c1ccc(C#N)cn1)[C@H]1CC[C@@H](NCC(=O)N2CCC[C@H]2C#N)C1.Cl.Cl. The Bertz CT molecular complexity index is 729. The number of halogens is 2. The number of anilines is 1. The van der Waals surface area contributed by atoms with Gasteiger partial charge >= 0.3 is 0 Å². The zero-order valence-corrected chi connectivity index (χ0v) is 17.5. The van der Waals surface area contributed by atoms with Crippen molar-refractivity contribution in [3.8, 4) is 12.1 Å². The Morgan fingerprint density at radius 2 is 2.11 bits per heavy atom. The molecule has 1 aliphatic heterocycles. The number of rotatable bonds is 5. The largest absolute Gasteiger partial charge is 0.357 e. The number of carbonyl (C=O) groups is 1. The molecule has 0 unspecified atom stereocenters. The average Bonchev–Trinajstić information content (AvgIpc) is 3.34. The van der Waals surface area contributed by atoms with Crippen LogP contribution >= 0.6 is 24.8 Å². The molecule has 1 aromatic rings. The van der Waals surface area contributed by atoms with E-state index in [0.29, 0.717) is 30.7 Å². The lowest BCUT2D eigenvalue weighted by molar-refractivity contribution is -0.130. The second-order valence-corrected chi connectivity index (χ2v) is 7.05. The molecule has 1 saturated heterocycles. The standard InChI is InChI=1S/C19H24N6O.2ClH/c1-24(18-7-4-14(10-20)12-23-18)16-6-5-15(9-16)22-13-19(26)25-8-2-3-17(25)11-21;;/h4,7,12,15-17,22H,2-3,5-6,8-9,13H2,1H3;2*1H/t15-,16+,17+;;/m1../s1. The fraction of sp³-hybridized carbons (Fsp3) is 0.579. The molecule has 1 N–H and O–H groups in total. The van der Waals surface area contributed by atoms with Gasteiger partial charge in [0.1, 0.15) is 17.9 Å². The Morgan fingerprint density at radius 3 is 2.75 bits per heavy atom. The molecule has 1 amide bonds. The number of nitrogens with one attached hydrogen (secondary N) is 1. The van der Waals surface area contributed by atoms with Crippen LogP contribution in [0.15, 0.2) is 18.3 Å². The lowest BCUT2D eigenvalue weighted by Gasteiger charge is -2.26. The van der Waals surface area contributed by atoms with E-state index >= 15 is 0 Å². The molecule has 1 aliphatic carbocycles. The Kier molecular flexibility index (Phi) is 9.48. The minimum absolute atomic E-state index is 0. The number of carbonyl (C=O) groups excluding carboxylic acids is 1. The van der Waals surface area contributed by atoms with E-state index in [1.54, 1.807) is 17.2 Å². The predicted octanol–water partition coefficient (Wildman–Crippen LogP) is 2.26. The molecule has 0 aromatic carbocycles. The lowest BCUT2D eigenvalue weighted by atomic mass is 10.2. The van der Waals surface area contributed by atoms with Crippen LogP contribution in [0.1, 0.15) is 37.7 Å². The molecule has 28 heavy (non-hydrogen) atoms. The third-order valence-corrected chi connectivity index (χ3v) is 5.46. The molecule has 1 aromatic heterocycles. The monoisotopic (exact) mass is 424 g/mol. The summed E-state index contributed by atoms with van der Waals surface area (Å²) in [5.41, 5.74) is 0.559. The Labute approximate surface area is 178 Å². The van der Waals surface area contributed by atoms with Crippen LogP contribution in [0.2, 0.25) is 0 Å². The number of aromatic nitrogens is 1. The highest BCUT2D eigenvalue weighted by molar-refractivity contribution is 5.85. The van der Waals surface area contributed by atoms with Gasteiger partial charge in [-0.05, 0) is 44.2 Å². The molecule has 3 rings (SSSR count). The van der Waals surface area contributed by atoms with Crippen LogP contribution in [0, 0.1) is 22.7 Å². The van der Waals surface area contributed by atoms with Crippen molar-refractivity contribution in [3.05, 3.63) is 23.9 Å². The van der Waals surface area contributed by atoms with E-state index in [1.165, 1.54) is 0 Å². The smallest absolute Gasteiger partial charge is 0.237 e. The van der Waals surface area contributed by atoms with Crippen LogP contribution in [0.25, 0.3) is 0 Å². The van der Waals surface area contributed by atoms with Gasteiger partial charge in [0.25, 0.3) is 0 Å². The van der Waals surface area contributed by atoms with Crippen LogP contribution in [0.5, 0.6) is 0 Å². The highest BCUT2D eigenvalue weighted by Crippen LogP contribution is 2.26. The first-order chi connectivity index (χ1) is 12.6. The average molecular weight is 425 g/mol.